The summed E-state index contributed by atoms with van der Waals surface area (Å²) in [6, 6.07) is 24.4. The number of hydrogen-bond donors (Lipinski definition) is 1. The van der Waals surface area contributed by atoms with Gasteiger partial charge in [0.25, 0.3) is 0 Å². The van der Waals surface area contributed by atoms with Crippen LogP contribution in [0.5, 0.6) is 5.75 Å². The quantitative estimate of drug-likeness (QED) is 0.485. The van der Waals surface area contributed by atoms with E-state index in [-0.39, 0.29) is 17.3 Å². The van der Waals surface area contributed by atoms with Crippen LogP contribution in [0.15, 0.2) is 66.7 Å². The van der Waals surface area contributed by atoms with Crippen LogP contribution in [-0.4, -0.2) is 24.5 Å². The molecular weight excluding hydrogens is 418 g/mol. The fraction of sp³-hybridized carbons (Fsp3) is 0.387. The van der Waals surface area contributed by atoms with Crippen molar-refractivity contribution in [2.24, 2.45) is 5.92 Å². The normalized spacial score (nSPS) is 24.5. The predicted octanol–water partition coefficient (Wildman–Crippen LogP) is 6.16. The average Bonchev–Trinajstić information content (AvgIpc) is 2.89. The first-order chi connectivity index (χ1) is 16.7. The van der Waals surface area contributed by atoms with E-state index in [9.17, 15) is 9.90 Å². The molecule has 6 rings (SSSR count). The number of phenols is 1. The summed E-state index contributed by atoms with van der Waals surface area (Å²) < 4.78 is 0. The Morgan fingerprint density at radius 3 is 2.47 bits per heavy atom. The molecule has 2 atom stereocenters. The first-order valence-corrected chi connectivity index (χ1v) is 12.9. The maximum absolute atomic E-state index is 11.1. The predicted molar refractivity (Wildman–Crippen MR) is 137 cm³/mol. The molecule has 1 aliphatic heterocycles. The highest BCUT2D eigenvalue weighted by Crippen LogP contribution is 2.56. The number of hydrogen-bond acceptors (Lipinski definition) is 3. The van der Waals surface area contributed by atoms with Crippen molar-refractivity contribution >= 4 is 12.0 Å². The molecule has 3 nitrogen and oxygen atoms in total. The molecule has 1 heterocycles. The van der Waals surface area contributed by atoms with Crippen molar-refractivity contribution < 1.29 is 9.90 Å². The zero-order chi connectivity index (χ0) is 23.1. The number of rotatable bonds is 3. The fourth-order valence-corrected chi connectivity index (χ4v) is 7.07. The molecule has 1 saturated heterocycles. The molecule has 0 bridgehead atoms. The molecule has 3 aliphatic rings. The van der Waals surface area contributed by atoms with E-state index in [1.165, 1.54) is 52.8 Å². The van der Waals surface area contributed by atoms with Gasteiger partial charge < -0.3 is 14.8 Å². The highest BCUT2D eigenvalue weighted by molar-refractivity contribution is 5.57. The second-order valence-electron chi connectivity index (χ2n) is 10.5. The van der Waals surface area contributed by atoms with Crippen LogP contribution >= 0.6 is 0 Å². The Labute approximate surface area is 202 Å². The molecule has 174 valence electrons. The number of carbonyl (C=O) groups is 1. The maximum Gasteiger partial charge on any atom is 0.123 e. The molecule has 0 amide bonds. The summed E-state index contributed by atoms with van der Waals surface area (Å²) in [6.07, 6.45) is 8.75. The molecule has 0 radical (unpaired) electrons. The number of fused-ring (bicyclic) bond motifs is 3. The topological polar surface area (TPSA) is 40.5 Å². The molecule has 1 fully saturated rings. The van der Waals surface area contributed by atoms with Crippen molar-refractivity contribution in [3.8, 4) is 5.75 Å². The standard InChI is InChI=1S/C31H33NO2/c33-21-22-14-18-32(19-15-22)26-9-7-24(8-10-26)30-28-12-11-27(34)20-25(28)13-17-31(30)16-3-5-23-4-1-2-6-29(23)31/h1-2,4,6-12,20-22,30,34H,3,5,13-19H2/t30-,31+/m0/s1. The van der Waals surface area contributed by atoms with E-state index in [1.54, 1.807) is 0 Å². The lowest BCUT2D eigenvalue weighted by Crippen LogP contribution is -2.41. The third-order valence-electron chi connectivity index (χ3n) is 8.78. The van der Waals surface area contributed by atoms with E-state index < -0.39 is 0 Å². The van der Waals surface area contributed by atoms with Crippen molar-refractivity contribution in [1.82, 2.24) is 0 Å². The smallest absolute Gasteiger partial charge is 0.123 e. The van der Waals surface area contributed by atoms with Gasteiger partial charge in [0.1, 0.15) is 12.0 Å². The Morgan fingerprint density at radius 1 is 0.882 bits per heavy atom. The summed E-state index contributed by atoms with van der Waals surface area (Å²) in [4.78, 5) is 13.6. The summed E-state index contributed by atoms with van der Waals surface area (Å²) in [7, 11) is 0. The number of benzene rings is 3. The number of aryl methyl sites for hydroxylation is 2. The van der Waals surface area contributed by atoms with Gasteiger partial charge in [0.2, 0.25) is 0 Å². The van der Waals surface area contributed by atoms with Crippen LogP contribution in [0.4, 0.5) is 5.69 Å². The van der Waals surface area contributed by atoms with E-state index in [2.05, 4.69) is 59.5 Å². The van der Waals surface area contributed by atoms with Gasteiger partial charge in [0, 0.05) is 36.0 Å². The molecule has 3 aromatic rings. The number of aldehydes is 1. The lowest BCUT2D eigenvalue weighted by atomic mass is 9.54. The number of nitrogens with zero attached hydrogens (tertiary/aromatic N) is 1. The van der Waals surface area contributed by atoms with Gasteiger partial charge in [-0.15, -0.1) is 0 Å². The van der Waals surface area contributed by atoms with Gasteiger partial charge in [-0.25, -0.2) is 0 Å². The number of piperidine rings is 1. The Balaban J connectivity index is 1.42. The Hall–Kier alpha value is -3.07. The zero-order valence-electron chi connectivity index (χ0n) is 19.7. The second-order valence-corrected chi connectivity index (χ2v) is 10.5. The zero-order valence-corrected chi connectivity index (χ0v) is 19.7. The maximum atomic E-state index is 11.1. The van der Waals surface area contributed by atoms with Gasteiger partial charge in [-0.2, -0.15) is 0 Å². The van der Waals surface area contributed by atoms with E-state index in [0.717, 1.165) is 45.1 Å². The molecule has 3 heteroatoms. The molecule has 0 unspecified atom stereocenters. The SMILES string of the molecule is O=CC1CCN(c2ccc([C@H]3c4ccc(O)cc4CC[C@@]34CCCc3ccccc34)cc2)CC1. The average molecular weight is 452 g/mol. The van der Waals surface area contributed by atoms with Gasteiger partial charge >= 0.3 is 0 Å². The first kappa shape index (κ1) is 21.5. The van der Waals surface area contributed by atoms with E-state index in [1.807, 2.05) is 12.1 Å². The van der Waals surface area contributed by atoms with Gasteiger partial charge in [-0.3, -0.25) is 0 Å². The monoisotopic (exact) mass is 451 g/mol. The number of aromatic hydroxyl groups is 1. The lowest BCUT2D eigenvalue weighted by Gasteiger charge is -2.49. The highest BCUT2D eigenvalue weighted by atomic mass is 16.3. The summed E-state index contributed by atoms with van der Waals surface area (Å²) in [5.74, 6) is 0.872. The van der Waals surface area contributed by atoms with Gasteiger partial charge in [0.05, 0.1) is 0 Å². The summed E-state index contributed by atoms with van der Waals surface area (Å²) in [5, 5.41) is 10.2. The van der Waals surface area contributed by atoms with Gasteiger partial charge in [-0.05, 0) is 97.0 Å². The third kappa shape index (κ3) is 3.53. The first-order valence-electron chi connectivity index (χ1n) is 12.9. The largest absolute Gasteiger partial charge is 0.508 e. The Bertz CT molecular complexity index is 1190. The molecule has 0 saturated carbocycles. The molecule has 1 spiro atoms. The summed E-state index contributed by atoms with van der Waals surface area (Å²) >= 11 is 0. The van der Waals surface area contributed by atoms with Crippen molar-refractivity contribution in [2.75, 3.05) is 18.0 Å². The number of carbonyl (C=O) groups excluding carboxylic acids is 1. The minimum Gasteiger partial charge on any atom is -0.508 e. The molecule has 34 heavy (non-hydrogen) atoms. The fourth-order valence-electron chi connectivity index (χ4n) is 7.07. The number of anilines is 1. The van der Waals surface area contributed by atoms with E-state index >= 15 is 0 Å². The molecule has 1 N–H and O–H groups in total. The van der Waals surface area contributed by atoms with Crippen LogP contribution in [0.3, 0.4) is 0 Å². The van der Waals surface area contributed by atoms with Crippen LogP contribution in [0.25, 0.3) is 0 Å². The molecule has 0 aromatic heterocycles. The summed E-state index contributed by atoms with van der Waals surface area (Å²) in [6.45, 7) is 1.90. The summed E-state index contributed by atoms with van der Waals surface area (Å²) in [5.41, 5.74) is 8.44. The van der Waals surface area contributed by atoms with Crippen LogP contribution in [-0.2, 0) is 23.1 Å². The van der Waals surface area contributed by atoms with Crippen molar-refractivity contribution in [2.45, 2.75) is 56.3 Å². The van der Waals surface area contributed by atoms with Crippen molar-refractivity contribution in [3.63, 3.8) is 0 Å². The van der Waals surface area contributed by atoms with Crippen LogP contribution in [0.2, 0.25) is 0 Å². The Kier molecular flexibility index (Phi) is 5.44. The van der Waals surface area contributed by atoms with E-state index in [4.69, 9.17) is 0 Å². The third-order valence-corrected chi connectivity index (χ3v) is 8.78. The van der Waals surface area contributed by atoms with Crippen LogP contribution < -0.4 is 4.90 Å². The second kappa shape index (κ2) is 8.61. The van der Waals surface area contributed by atoms with E-state index in [0.29, 0.717) is 5.75 Å². The number of phenolic OH excluding ortho intramolecular Hbond substituents is 1. The minimum atomic E-state index is 0.0998. The Morgan fingerprint density at radius 2 is 1.68 bits per heavy atom. The highest BCUT2D eigenvalue weighted by Gasteiger charge is 2.47. The van der Waals surface area contributed by atoms with Gasteiger partial charge in [0.15, 0.2) is 0 Å². The molecular formula is C31H33NO2. The molecule has 3 aromatic carbocycles. The minimum absolute atomic E-state index is 0.0998. The van der Waals surface area contributed by atoms with Gasteiger partial charge in [-0.1, -0.05) is 42.5 Å². The van der Waals surface area contributed by atoms with Crippen molar-refractivity contribution in [3.05, 3.63) is 94.5 Å². The van der Waals surface area contributed by atoms with Crippen LogP contribution in [0.1, 0.15) is 65.8 Å². The lowest BCUT2D eigenvalue weighted by molar-refractivity contribution is -0.111. The van der Waals surface area contributed by atoms with Crippen LogP contribution in [0, 0.1) is 5.92 Å². The molecule has 2 aliphatic carbocycles. The van der Waals surface area contributed by atoms with Crippen molar-refractivity contribution in [1.29, 1.82) is 0 Å².